The van der Waals surface area contributed by atoms with Gasteiger partial charge in [0.2, 0.25) is 0 Å². The van der Waals surface area contributed by atoms with Gasteiger partial charge < -0.3 is 0 Å². The molecule has 1 rings (SSSR count). The molecule has 0 aromatic heterocycles. The van der Waals surface area contributed by atoms with Gasteiger partial charge in [0.1, 0.15) is 5.56 Å². The van der Waals surface area contributed by atoms with Gasteiger partial charge in [-0.3, -0.25) is 10.1 Å². The highest BCUT2D eigenvalue weighted by Crippen LogP contribution is 2.36. The zero-order valence-corrected chi connectivity index (χ0v) is 9.13. The minimum Gasteiger partial charge on any atom is -0.258 e. The van der Waals surface area contributed by atoms with Gasteiger partial charge in [-0.25, -0.2) is 0 Å². The van der Waals surface area contributed by atoms with Gasteiger partial charge >= 0.3 is 6.18 Å². The first-order valence-electron chi connectivity index (χ1n) is 4.44. The fourth-order valence-electron chi connectivity index (χ4n) is 1.22. The van der Waals surface area contributed by atoms with E-state index in [2.05, 4.69) is 0 Å². The Morgan fingerprint density at radius 1 is 1.41 bits per heavy atom. The van der Waals surface area contributed by atoms with Crippen molar-refractivity contribution in [2.45, 2.75) is 6.18 Å². The SMILES string of the molecule is O=[N+]([O-])c1cc(C=CCCl)ccc1C(F)(F)F. The number of halogens is 4. The monoisotopic (exact) mass is 265 g/mol. The van der Waals surface area contributed by atoms with E-state index in [9.17, 15) is 23.3 Å². The third-order valence-corrected chi connectivity index (χ3v) is 2.10. The number of benzene rings is 1. The van der Waals surface area contributed by atoms with Crippen LogP contribution in [0.2, 0.25) is 0 Å². The Bertz CT molecular complexity index is 457. The predicted molar refractivity (Wildman–Crippen MR) is 57.9 cm³/mol. The number of alkyl halides is 4. The summed E-state index contributed by atoms with van der Waals surface area (Å²) in [7, 11) is 0. The Kier molecular flexibility index (Phi) is 4.11. The highest BCUT2D eigenvalue weighted by atomic mass is 35.5. The van der Waals surface area contributed by atoms with E-state index in [1.54, 1.807) is 0 Å². The van der Waals surface area contributed by atoms with Crippen LogP contribution in [0.5, 0.6) is 0 Å². The van der Waals surface area contributed by atoms with Crippen molar-refractivity contribution < 1.29 is 18.1 Å². The van der Waals surface area contributed by atoms with E-state index in [1.807, 2.05) is 0 Å². The van der Waals surface area contributed by atoms with Crippen LogP contribution in [0.4, 0.5) is 18.9 Å². The first-order chi connectivity index (χ1) is 7.86. The summed E-state index contributed by atoms with van der Waals surface area (Å²) >= 11 is 5.36. The van der Waals surface area contributed by atoms with Gasteiger partial charge in [0.25, 0.3) is 5.69 Å². The van der Waals surface area contributed by atoms with Gasteiger partial charge in [0.15, 0.2) is 0 Å². The third-order valence-electron chi connectivity index (χ3n) is 1.92. The molecular formula is C10H7ClF3NO2. The summed E-state index contributed by atoms with van der Waals surface area (Å²) in [6, 6.07) is 2.71. The lowest BCUT2D eigenvalue weighted by atomic mass is 10.1. The molecule has 0 saturated carbocycles. The van der Waals surface area contributed by atoms with E-state index in [4.69, 9.17) is 11.6 Å². The molecule has 0 aliphatic rings. The standard InChI is InChI=1S/C10H7ClF3NO2/c11-5-1-2-7-3-4-8(10(12,13)14)9(6-7)15(16)17/h1-4,6H,5H2. The highest BCUT2D eigenvalue weighted by molar-refractivity contribution is 6.19. The van der Waals surface area contributed by atoms with Crippen molar-refractivity contribution in [3.8, 4) is 0 Å². The molecule has 0 heterocycles. The molecule has 0 amide bonds. The second-order valence-corrected chi connectivity index (χ2v) is 3.40. The molecule has 1 aromatic rings. The average molecular weight is 266 g/mol. The van der Waals surface area contributed by atoms with Crippen molar-refractivity contribution in [3.05, 3.63) is 45.5 Å². The maximum atomic E-state index is 12.4. The Morgan fingerprint density at radius 3 is 2.53 bits per heavy atom. The molecular weight excluding hydrogens is 259 g/mol. The van der Waals surface area contributed by atoms with Crippen LogP contribution in [0, 0.1) is 10.1 Å². The number of hydrogen-bond acceptors (Lipinski definition) is 2. The van der Waals surface area contributed by atoms with Crippen molar-refractivity contribution in [2.75, 3.05) is 5.88 Å². The number of nitro groups is 1. The molecule has 7 heteroatoms. The van der Waals surface area contributed by atoms with E-state index in [0.717, 1.165) is 12.1 Å². The lowest BCUT2D eigenvalue weighted by molar-refractivity contribution is -0.388. The highest BCUT2D eigenvalue weighted by Gasteiger charge is 2.37. The van der Waals surface area contributed by atoms with Crippen LogP contribution in [-0.2, 0) is 6.18 Å². The molecule has 3 nitrogen and oxygen atoms in total. The maximum Gasteiger partial charge on any atom is 0.422 e. The van der Waals surface area contributed by atoms with Crippen LogP contribution in [0.15, 0.2) is 24.3 Å². The molecule has 0 aliphatic heterocycles. The van der Waals surface area contributed by atoms with Crippen molar-refractivity contribution >= 4 is 23.4 Å². The molecule has 1 aromatic carbocycles. The second kappa shape index (κ2) is 5.18. The fraction of sp³-hybridized carbons (Fsp3) is 0.200. The molecule has 0 saturated heterocycles. The Hall–Kier alpha value is -1.56. The molecule has 17 heavy (non-hydrogen) atoms. The lowest BCUT2D eigenvalue weighted by Gasteiger charge is -2.07. The number of allylic oxidation sites excluding steroid dienone is 1. The largest absolute Gasteiger partial charge is 0.422 e. The van der Waals surface area contributed by atoms with Gasteiger partial charge in [-0.15, -0.1) is 11.6 Å². The van der Waals surface area contributed by atoms with E-state index in [0.29, 0.717) is 11.6 Å². The van der Waals surface area contributed by atoms with Crippen molar-refractivity contribution in [1.82, 2.24) is 0 Å². The zero-order chi connectivity index (χ0) is 13.1. The summed E-state index contributed by atoms with van der Waals surface area (Å²) in [6.07, 6.45) is -1.84. The van der Waals surface area contributed by atoms with E-state index < -0.39 is 22.4 Å². The normalized spacial score (nSPS) is 12.0. The number of hydrogen-bond donors (Lipinski definition) is 0. The van der Waals surface area contributed by atoms with Crippen molar-refractivity contribution in [2.24, 2.45) is 0 Å². The minimum absolute atomic E-state index is 0.175. The summed E-state index contributed by atoms with van der Waals surface area (Å²) in [5.41, 5.74) is -1.93. The second-order valence-electron chi connectivity index (χ2n) is 3.09. The molecule has 0 aliphatic carbocycles. The van der Waals surface area contributed by atoms with E-state index in [1.165, 1.54) is 12.2 Å². The molecule has 0 N–H and O–H groups in total. The van der Waals surface area contributed by atoms with Gasteiger partial charge in [-0.1, -0.05) is 18.2 Å². The van der Waals surface area contributed by atoms with E-state index >= 15 is 0 Å². The van der Waals surface area contributed by atoms with Crippen LogP contribution in [0.25, 0.3) is 6.08 Å². The molecule has 0 spiro atoms. The number of nitro benzene ring substituents is 1. The first kappa shape index (κ1) is 13.5. The summed E-state index contributed by atoms with van der Waals surface area (Å²) in [5.74, 6) is 0.175. The van der Waals surface area contributed by atoms with E-state index in [-0.39, 0.29) is 5.88 Å². The molecule has 0 radical (unpaired) electrons. The van der Waals surface area contributed by atoms with Crippen LogP contribution in [-0.4, -0.2) is 10.8 Å². The molecule has 0 unspecified atom stereocenters. The third kappa shape index (κ3) is 3.45. The first-order valence-corrected chi connectivity index (χ1v) is 4.98. The Morgan fingerprint density at radius 2 is 2.06 bits per heavy atom. The van der Waals surface area contributed by atoms with Gasteiger partial charge in [-0.05, 0) is 11.6 Å². The number of rotatable bonds is 3. The molecule has 0 bridgehead atoms. The van der Waals surface area contributed by atoms with Crippen LogP contribution in [0.1, 0.15) is 11.1 Å². The summed E-state index contributed by atoms with van der Waals surface area (Å²) < 4.78 is 37.3. The predicted octanol–water partition coefficient (Wildman–Crippen LogP) is 3.87. The fourth-order valence-corrected chi connectivity index (χ4v) is 1.31. The lowest BCUT2D eigenvalue weighted by Crippen LogP contribution is -2.08. The van der Waals surface area contributed by atoms with Crippen molar-refractivity contribution in [1.29, 1.82) is 0 Å². The minimum atomic E-state index is -4.74. The van der Waals surface area contributed by atoms with Gasteiger partial charge in [0.05, 0.1) is 4.92 Å². The van der Waals surface area contributed by atoms with Crippen LogP contribution < -0.4 is 0 Å². The smallest absolute Gasteiger partial charge is 0.258 e. The molecule has 92 valence electrons. The average Bonchev–Trinajstić information content (AvgIpc) is 2.24. The van der Waals surface area contributed by atoms with Crippen LogP contribution >= 0.6 is 11.6 Å². The number of nitrogens with zero attached hydrogens (tertiary/aromatic N) is 1. The maximum absolute atomic E-state index is 12.4. The van der Waals surface area contributed by atoms with Gasteiger partial charge in [-0.2, -0.15) is 13.2 Å². The zero-order valence-electron chi connectivity index (χ0n) is 8.37. The van der Waals surface area contributed by atoms with Crippen LogP contribution in [0.3, 0.4) is 0 Å². The Balaban J connectivity index is 3.27. The Labute approximate surface area is 99.7 Å². The summed E-state index contributed by atoms with van der Waals surface area (Å²) in [5, 5.41) is 10.5. The van der Waals surface area contributed by atoms with Gasteiger partial charge in [0, 0.05) is 11.9 Å². The van der Waals surface area contributed by atoms with Crippen molar-refractivity contribution in [3.63, 3.8) is 0 Å². The molecule has 0 atom stereocenters. The topological polar surface area (TPSA) is 43.1 Å². The molecule has 0 fully saturated rings. The summed E-state index contributed by atoms with van der Waals surface area (Å²) in [6.45, 7) is 0. The quantitative estimate of drug-likeness (QED) is 0.473. The summed E-state index contributed by atoms with van der Waals surface area (Å²) in [4.78, 5) is 9.50.